The van der Waals surface area contributed by atoms with Gasteiger partial charge in [-0.05, 0) is 6.42 Å². The molecule has 3 rings (SSSR count). The third-order valence-corrected chi connectivity index (χ3v) is 3.47. The SMILES string of the molecule is Cn1ncc(C(N)=S)c1N1C(=O)C2CC2C1=O. The van der Waals surface area contributed by atoms with Crippen LogP contribution in [-0.2, 0) is 16.6 Å². The van der Waals surface area contributed by atoms with Crippen molar-refractivity contribution in [2.24, 2.45) is 24.6 Å². The van der Waals surface area contributed by atoms with E-state index in [0.717, 1.165) is 0 Å². The van der Waals surface area contributed by atoms with Gasteiger partial charge in [-0.2, -0.15) is 5.10 Å². The van der Waals surface area contributed by atoms with Crippen molar-refractivity contribution in [3.05, 3.63) is 11.8 Å². The molecule has 1 aliphatic heterocycles. The van der Waals surface area contributed by atoms with Gasteiger partial charge >= 0.3 is 0 Å². The zero-order valence-electron chi connectivity index (χ0n) is 9.08. The van der Waals surface area contributed by atoms with Crippen LogP contribution in [0.2, 0.25) is 0 Å². The lowest BCUT2D eigenvalue weighted by Crippen LogP contribution is -2.35. The second-order valence-electron chi connectivity index (χ2n) is 4.33. The molecule has 7 heteroatoms. The van der Waals surface area contributed by atoms with Crippen LogP contribution >= 0.6 is 12.2 Å². The summed E-state index contributed by atoms with van der Waals surface area (Å²) < 4.78 is 1.45. The summed E-state index contributed by atoms with van der Waals surface area (Å²) in [6.07, 6.45) is 2.15. The summed E-state index contributed by atoms with van der Waals surface area (Å²) in [5, 5.41) is 3.99. The molecule has 2 heterocycles. The maximum Gasteiger partial charge on any atom is 0.238 e. The molecule has 2 amide bonds. The van der Waals surface area contributed by atoms with Crippen molar-refractivity contribution in [1.82, 2.24) is 9.78 Å². The minimum absolute atomic E-state index is 0.134. The van der Waals surface area contributed by atoms with Crippen LogP contribution in [0.25, 0.3) is 0 Å². The number of piperidine rings is 1. The van der Waals surface area contributed by atoms with E-state index < -0.39 is 0 Å². The molecular formula is C10H10N4O2S. The van der Waals surface area contributed by atoms with Crippen molar-refractivity contribution >= 4 is 34.8 Å². The fraction of sp³-hybridized carbons (Fsp3) is 0.400. The number of carbonyl (C=O) groups is 2. The fourth-order valence-corrected chi connectivity index (χ4v) is 2.40. The van der Waals surface area contributed by atoms with Crippen LogP contribution in [0.4, 0.5) is 5.82 Å². The Morgan fingerprint density at radius 2 is 2.06 bits per heavy atom. The van der Waals surface area contributed by atoms with Crippen LogP contribution in [0.5, 0.6) is 0 Å². The van der Waals surface area contributed by atoms with Crippen LogP contribution in [0.1, 0.15) is 12.0 Å². The molecule has 2 atom stereocenters. The molecule has 1 aliphatic carbocycles. The van der Waals surface area contributed by atoms with Crippen molar-refractivity contribution in [2.75, 3.05) is 4.90 Å². The largest absolute Gasteiger partial charge is 0.389 e. The molecule has 1 saturated carbocycles. The molecule has 6 nitrogen and oxygen atoms in total. The lowest BCUT2D eigenvalue weighted by Gasteiger charge is -2.17. The van der Waals surface area contributed by atoms with Gasteiger partial charge in [0.1, 0.15) is 4.99 Å². The van der Waals surface area contributed by atoms with Gasteiger partial charge in [0.05, 0.1) is 23.6 Å². The monoisotopic (exact) mass is 250 g/mol. The predicted molar refractivity (Wildman–Crippen MR) is 63.2 cm³/mol. The number of amides is 2. The van der Waals surface area contributed by atoms with E-state index in [2.05, 4.69) is 5.10 Å². The van der Waals surface area contributed by atoms with Crippen molar-refractivity contribution in [2.45, 2.75) is 6.42 Å². The summed E-state index contributed by atoms with van der Waals surface area (Å²) in [4.78, 5) is 25.2. The standard InChI is InChI=1S/C10H10N4O2S/c1-13-8(6(3-12-13)7(11)17)14-9(15)4-2-5(4)10(14)16/h3-5H,2H2,1H3,(H2,11,17). The van der Waals surface area contributed by atoms with Crippen molar-refractivity contribution in [3.8, 4) is 0 Å². The Kier molecular flexibility index (Phi) is 1.91. The van der Waals surface area contributed by atoms with Gasteiger partial charge in [0, 0.05) is 7.05 Å². The van der Waals surface area contributed by atoms with E-state index in [4.69, 9.17) is 18.0 Å². The van der Waals surface area contributed by atoms with E-state index in [0.29, 0.717) is 17.8 Å². The Morgan fingerprint density at radius 3 is 2.59 bits per heavy atom. The van der Waals surface area contributed by atoms with Crippen molar-refractivity contribution < 1.29 is 9.59 Å². The summed E-state index contributed by atoms with van der Waals surface area (Å²) in [5.74, 6) is -0.227. The van der Waals surface area contributed by atoms with Gasteiger partial charge in [-0.15, -0.1) is 0 Å². The van der Waals surface area contributed by atoms with Crippen LogP contribution in [0, 0.1) is 11.8 Å². The van der Waals surface area contributed by atoms with E-state index in [1.54, 1.807) is 7.05 Å². The van der Waals surface area contributed by atoms with E-state index in [9.17, 15) is 9.59 Å². The van der Waals surface area contributed by atoms with Gasteiger partial charge in [-0.3, -0.25) is 14.3 Å². The molecule has 0 bridgehead atoms. The molecule has 2 unspecified atom stereocenters. The topological polar surface area (TPSA) is 81.2 Å². The summed E-state index contributed by atoms with van der Waals surface area (Å²) in [5.41, 5.74) is 6.02. The van der Waals surface area contributed by atoms with Crippen molar-refractivity contribution in [1.29, 1.82) is 0 Å². The van der Waals surface area contributed by atoms with Crippen LogP contribution in [0.3, 0.4) is 0 Å². The molecule has 2 fully saturated rings. The molecule has 88 valence electrons. The molecule has 17 heavy (non-hydrogen) atoms. The van der Waals surface area contributed by atoms with Gasteiger partial charge in [-0.25, -0.2) is 4.90 Å². The average Bonchev–Trinajstić information content (AvgIpc) is 2.92. The first-order valence-corrected chi connectivity index (χ1v) is 5.62. The van der Waals surface area contributed by atoms with E-state index >= 15 is 0 Å². The Labute approximate surface area is 102 Å². The quantitative estimate of drug-likeness (QED) is 0.568. The molecular weight excluding hydrogens is 240 g/mol. The highest BCUT2D eigenvalue weighted by Crippen LogP contribution is 2.48. The van der Waals surface area contributed by atoms with Gasteiger partial charge in [0.25, 0.3) is 0 Å². The first-order valence-electron chi connectivity index (χ1n) is 5.22. The number of aromatic nitrogens is 2. The number of nitrogens with two attached hydrogens (primary N) is 1. The van der Waals surface area contributed by atoms with E-state index in [1.165, 1.54) is 15.8 Å². The average molecular weight is 250 g/mol. The maximum atomic E-state index is 12.0. The third-order valence-electron chi connectivity index (χ3n) is 3.25. The lowest BCUT2D eigenvalue weighted by molar-refractivity contribution is -0.123. The van der Waals surface area contributed by atoms with E-state index in [1.807, 2.05) is 0 Å². The lowest BCUT2D eigenvalue weighted by atomic mass is 10.3. The zero-order valence-corrected chi connectivity index (χ0v) is 9.90. The molecule has 0 radical (unpaired) electrons. The maximum absolute atomic E-state index is 12.0. The molecule has 1 aromatic heterocycles. The number of imide groups is 1. The normalized spacial score (nSPS) is 26.3. The molecule has 2 aliphatic rings. The minimum atomic E-state index is -0.166. The summed E-state index contributed by atoms with van der Waals surface area (Å²) in [7, 11) is 1.65. The fourth-order valence-electron chi connectivity index (χ4n) is 2.26. The summed E-state index contributed by atoms with van der Waals surface area (Å²) in [6, 6.07) is 0. The third kappa shape index (κ3) is 1.25. The first-order chi connectivity index (χ1) is 8.02. The molecule has 0 spiro atoms. The number of thiocarbonyl (C=S) groups is 1. The predicted octanol–water partition coefficient (Wildman–Crippen LogP) is -0.436. The summed E-state index contributed by atoms with van der Waals surface area (Å²) >= 11 is 4.89. The second kappa shape index (κ2) is 3.13. The Balaban J connectivity index is 2.10. The Morgan fingerprint density at radius 1 is 1.47 bits per heavy atom. The Bertz CT molecular complexity index is 545. The molecule has 2 N–H and O–H groups in total. The van der Waals surface area contributed by atoms with Gasteiger partial charge < -0.3 is 5.73 Å². The minimum Gasteiger partial charge on any atom is -0.389 e. The van der Waals surface area contributed by atoms with Crippen molar-refractivity contribution in [3.63, 3.8) is 0 Å². The second-order valence-corrected chi connectivity index (χ2v) is 4.77. The van der Waals surface area contributed by atoms with Gasteiger partial charge in [0.15, 0.2) is 5.82 Å². The highest BCUT2D eigenvalue weighted by molar-refractivity contribution is 7.80. The van der Waals surface area contributed by atoms with Crippen LogP contribution < -0.4 is 10.6 Å². The number of hydrogen-bond donors (Lipinski definition) is 1. The number of nitrogens with zero attached hydrogens (tertiary/aromatic N) is 3. The molecule has 1 saturated heterocycles. The van der Waals surface area contributed by atoms with Crippen LogP contribution in [-0.4, -0.2) is 26.6 Å². The number of anilines is 1. The summed E-state index contributed by atoms with van der Waals surface area (Å²) in [6.45, 7) is 0. The number of fused-ring (bicyclic) bond motifs is 1. The molecule has 1 aromatic rings. The number of carbonyl (C=O) groups excluding carboxylic acids is 2. The molecule has 0 aromatic carbocycles. The smallest absolute Gasteiger partial charge is 0.238 e. The number of rotatable bonds is 2. The van der Waals surface area contributed by atoms with Gasteiger partial charge in [0.2, 0.25) is 11.8 Å². The number of hydrogen-bond acceptors (Lipinski definition) is 4. The number of aryl methyl sites for hydroxylation is 1. The van der Waals surface area contributed by atoms with Crippen LogP contribution in [0.15, 0.2) is 6.20 Å². The van der Waals surface area contributed by atoms with Gasteiger partial charge in [-0.1, -0.05) is 12.2 Å². The highest BCUT2D eigenvalue weighted by Gasteiger charge is 2.60. The Hall–Kier alpha value is -1.76. The first kappa shape index (κ1) is 10.4. The zero-order chi connectivity index (χ0) is 12.3. The highest BCUT2D eigenvalue weighted by atomic mass is 32.1. The van der Waals surface area contributed by atoms with E-state index in [-0.39, 0.29) is 28.6 Å².